The van der Waals surface area contributed by atoms with Crippen molar-refractivity contribution in [3.63, 3.8) is 0 Å². The van der Waals surface area contributed by atoms with Gasteiger partial charge in [0.05, 0.1) is 11.2 Å². The van der Waals surface area contributed by atoms with Crippen LogP contribution in [0, 0.1) is 6.92 Å². The Hall–Kier alpha value is -2.64. The molecule has 1 fully saturated rings. The van der Waals surface area contributed by atoms with Crippen molar-refractivity contribution in [3.05, 3.63) is 67.9 Å². The molecule has 0 saturated carbocycles. The van der Waals surface area contributed by atoms with Gasteiger partial charge in [-0.15, -0.1) is 0 Å². The van der Waals surface area contributed by atoms with E-state index in [9.17, 15) is 4.79 Å². The molecule has 7 heteroatoms. The van der Waals surface area contributed by atoms with E-state index in [1.54, 1.807) is 0 Å². The van der Waals surface area contributed by atoms with Crippen LogP contribution in [0.25, 0.3) is 10.9 Å². The van der Waals surface area contributed by atoms with Crippen molar-refractivity contribution in [2.24, 2.45) is 0 Å². The van der Waals surface area contributed by atoms with Crippen LogP contribution in [0.5, 0.6) is 0 Å². The third-order valence-electron chi connectivity index (χ3n) is 6.34. The molecule has 1 aromatic heterocycles. The first kappa shape index (κ1) is 22.6. The molecule has 168 valence electrons. The van der Waals surface area contributed by atoms with E-state index in [0.717, 1.165) is 73.4 Å². The summed E-state index contributed by atoms with van der Waals surface area (Å²) in [5.74, 6) is 0. The van der Waals surface area contributed by atoms with Crippen LogP contribution >= 0.6 is 15.9 Å². The molecule has 1 saturated heterocycles. The van der Waals surface area contributed by atoms with E-state index in [1.807, 2.05) is 6.79 Å². The number of nitrogens with zero attached hydrogens (tertiary/aromatic N) is 2. The standard InChI is InChI=1S/C24H27BrN4O.CH2O/c1-16-13-17(14-21-22(16)23-20(24(30)27-21)3-2-8-26-23)15-28-9-11-29(12-10-28)19-6-4-18(25)5-7-19;1-2/h4-7,13-14,26H,2-3,8-12,15H2,1H3,(H,27,30);1H2. The first-order valence-electron chi connectivity index (χ1n) is 11.0. The minimum atomic E-state index is 0.0596. The number of rotatable bonds is 3. The normalized spacial score (nSPS) is 16.1. The molecule has 2 aromatic carbocycles. The van der Waals surface area contributed by atoms with Crippen LogP contribution in [0.2, 0.25) is 0 Å². The molecule has 0 radical (unpaired) electrons. The molecule has 0 aliphatic carbocycles. The molecule has 0 unspecified atom stereocenters. The van der Waals surface area contributed by atoms with Crippen LogP contribution in [0.4, 0.5) is 11.4 Å². The molecule has 0 atom stereocenters. The second kappa shape index (κ2) is 9.88. The third kappa shape index (κ3) is 4.59. The van der Waals surface area contributed by atoms with Gasteiger partial charge in [-0.3, -0.25) is 9.69 Å². The predicted octanol–water partition coefficient (Wildman–Crippen LogP) is 4.09. The number of hydrogen-bond donors (Lipinski definition) is 2. The Morgan fingerprint density at radius 1 is 1.06 bits per heavy atom. The van der Waals surface area contributed by atoms with Crippen molar-refractivity contribution in [1.29, 1.82) is 0 Å². The van der Waals surface area contributed by atoms with Gasteiger partial charge in [0.15, 0.2) is 0 Å². The molecule has 5 rings (SSSR count). The average Bonchev–Trinajstić information content (AvgIpc) is 2.81. The fraction of sp³-hybridized carbons (Fsp3) is 0.360. The summed E-state index contributed by atoms with van der Waals surface area (Å²) >= 11 is 3.51. The minimum absolute atomic E-state index is 0.0596. The number of nitrogens with one attached hydrogen (secondary N) is 2. The Bertz CT molecular complexity index is 1150. The van der Waals surface area contributed by atoms with Gasteiger partial charge in [0.2, 0.25) is 0 Å². The largest absolute Gasteiger partial charge is 0.384 e. The number of piperazine rings is 1. The van der Waals surface area contributed by atoms with Gasteiger partial charge < -0.3 is 20.0 Å². The molecular formula is C25H29BrN4O2. The molecular weight excluding hydrogens is 468 g/mol. The lowest BCUT2D eigenvalue weighted by molar-refractivity contribution is -0.0979. The monoisotopic (exact) mass is 496 g/mol. The first-order valence-corrected chi connectivity index (χ1v) is 11.8. The van der Waals surface area contributed by atoms with E-state index in [0.29, 0.717) is 0 Å². The average molecular weight is 497 g/mol. The summed E-state index contributed by atoms with van der Waals surface area (Å²) in [5.41, 5.74) is 6.76. The van der Waals surface area contributed by atoms with E-state index in [2.05, 4.69) is 79.4 Å². The minimum Gasteiger partial charge on any atom is -0.384 e. The maximum absolute atomic E-state index is 12.6. The summed E-state index contributed by atoms with van der Waals surface area (Å²) in [6.45, 7) is 10.1. The summed E-state index contributed by atoms with van der Waals surface area (Å²) in [6, 6.07) is 13.0. The van der Waals surface area contributed by atoms with Crippen molar-refractivity contribution in [2.75, 3.05) is 42.9 Å². The lowest BCUT2D eigenvalue weighted by atomic mass is 9.97. The first-order chi connectivity index (χ1) is 15.6. The van der Waals surface area contributed by atoms with Crippen LogP contribution in [0.1, 0.15) is 23.1 Å². The molecule has 0 amide bonds. The topological polar surface area (TPSA) is 68.4 Å². The Morgan fingerprint density at radius 3 is 2.50 bits per heavy atom. The zero-order valence-corrected chi connectivity index (χ0v) is 20.0. The van der Waals surface area contributed by atoms with Gasteiger partial charge in [0.25, 0.3) is 5.56 Å². The Kier molecular flexibility index (Phi) is 6.96. The number of aromatic nitrogens is 1. The van der Waals surface area contributed by atoms with Crippen molar-refractivity contribution < 1.29 is 4.79 Å². The molecule has 2 N–H and O–H groups in total. The highest BCUT2D eigenvalue weighted by Crippen LogP contribution is 2.31. The summed E-state index contributed by atoms with van der Waals surface area (Å²) in [7, 11) is 0. The maximum Gasteiger partial charge on any atom is 0.253 e. The second-order valence-electron chi connectivity index (χ2n) is 8.41. The number of halogens is 1. The Morgan fingerprint density at radius 2 is 1.78 bits per heavy atom. The van der Waals surface area contributed by atoms with Crippen LogP contribution in [-0.4, -0.2) is 49.4 Å². The fourth-order valence-electron chi connectivity index (χ4n) is 4.83. The van der Waals surface area contributed by atoms with E-state index in [1.165, 1.54) is 22.2 Å². The van der Waals surface area contributed by atoms with Crippen LogP contribution in [0.3, 0.4) is 0 Å². The number of benzene rings is 2. The van der Waals surface area contributed by atoms with E-state index in [-0.39, 0.29) is 5.56 Å². The SMILES string of the molecule is C=O.Cc1cc(CN2CCN(c3ccc(Br)cc3)CC2)cc2[nH]c(=O)c3c(c12)NCCC3. The Balaban J connectivity index is 0.00000119. The zero-order chi connectivity index (χ0) is 22.7. The molecule has 0 bridgehead atoms. The van der Waals surface area contributed by atoms with Crippen molar-refractivity contribution in [1.82, 2.24) is 9.88 Å². The number of pyridine rings is 1. The number of aryl methyl sites for hydroxylation is 1. The van der Waals surface area contributed by atoms with Crippen LogP contribution in [0.15, 0.2) is 45.7 Å². The molecule has 32 heavy (non-hydrogen) atoms. The van der Waals surface area contributed by atoms with Gasteiger partial charge in [0.1, 0.15) is 6.79 Å². The number of hydrogen-bond acceptors (Lipinski definition) is 5. The summed E-state index contributed by atoms with van der Waals surface area (Å²) < 4.78 is 1.12. The van der Waals surface area contributed by atoms with Crippen LogP contribution < -0.4 is 15.8 Å². The summed E-state index contributed by atoms with van der Waals surface area (Å²) in [6.07, 6.45) is 1.88. The zero-order valence-electron chi connectivity index (χ0n) is 18.4. The van der Waals surface area contributed by atoms with Gasteiger partial charge in [0, 0.05) is 60.4 Å². The highest BCUT2D eigenvalue weighted by molar-refractivity contribution is 9.10. The molecule has 2 aliphatic rings. The number of aromatic amines is 1. The molecule has 2 aliphatic heterocycles. The number of carbonyl (C=O) groups excluding carboxylic acids is 1. The molecule has 3 aromatic rings. The fourth-order valence-corrected chi connectivity index (χ4v) is 5.10. The van der Waals surface area contributed by atoms with E-state index < -0.39 is 0 Å². The number of fused-ring (bicyclic) bond motifs is 3. The maximum atomic E-state index is 12.6. The lowest BCUT2D eigenvalue weighted by Crippen LogP contribution is -2.45. The quantitative estimate of drug-likeness (QED) is 0.571. The predicted molar refractivity (Wildman–Crippen MR) is 135 cm³/mol. The lowest BCUT2D eigenvalue weighted by Gasteiger charge is -2.36. The van der Waals surface area contributed by atoms with Gasteiger partial charge in [-0.05, 0) is 61.2 Å². The van der Waals surface area contributed by atoms with Gasteiger partial charge >= 0.3 is 0 Å². The van der Waals surface area contributed by atoms with Crippen molar-refractivity contribution >= 4 is 45.0 Å². The van der Waals surface area contributed by atoms with E-state index in [4.69, 9.17) is 4.79 Å². The molecule has 6 nitrogen and oxygen atoms in total. The smallest absolute Gasteiger partial charge is 0.253 e. The van der Waals surface area contributed by atoms with Crippen LogP contribution in [-0.2, 0) is 17.8 Å². The third-order valence-corrected chi connectivity index (χ3v) is 6.87. The number of carbonyl (C=O) groups is 1. The number of anilines is 2. The Labute approximate surface area is 196 Å². The van der Waals surface area contributed by atoms with Crippen molar-refractivity contribution in [2.45, 2.75) is 26.3 Å². The summed E-state index contributed by atoms with van der Waals surface area (Å²) in [5, 5.41) is 4.65. The van der Waals surface area contributed by atoms with Crippen molar-refractivity contribution in [3.8, 4) is 0 Å². The highest BCUT2D eigenvalue weighted by Gasteiger charge is 2.20. The van der Waals surface area contributed by atoms with Gasteiger partial charge in [-0.25, -0.2) is 0 Å². The van der Waals surface area contributed by atoms with Gasteiger partial charge in [-0.1, -0.05) is 22.0 Å². The van der Waals surface area contributed by atoms with Gasteiger partial charge in [-0.2, -0.15) is 0 Å². The second-order valence-corrected chi connectivity index (χ2v) is 9.33. The number of H-pyrrole nitrogens is 1. The summed E-state index contributed by atoms with van der Waals surface area (Å²) in [4.78, 5) is 28.7. The highest BCUT2D eigenvalue weighted by atomic mass is 79.9. The molecule has 3 heterocycles. The van der Waals surface area contributed by atoms with E-state index >= 15 is 0 Å². The molecule has 0 spiro atoms.